The van der Waals surface area contributed by atoms with Crippen LogP contribution in [0.3, 0.4) is 0 Å². The zero-order chi connectivity index (χ0) is 15.7. The number of rotatable bonds is 5. The zero-order valence-corrected chi connectivity index (χ0v) is 13.2. The summed E-state index contributed by atoms with van der Waals surface area (Å²) < 4.78 is 11.5. The van der Waals surface area contributed by atoms with Crippen molar-refractivity contribution in [1.29, 1.82) is 0 Å². The van der Waals surface area contributed by atoms with Crippen LogP contribution >= 0.6 is 0 Å². The number of carboxylic acids is 1. The molecule has 21 heavy (non-hydrogen) atoms. The Kier molecular flexibility index (Phi) is 4.17. The van der Waals surface area contributed by atoms with Crippen LogP contribution in [0.25, 0.3) is 0 Å². The molecule has 0 heterocycles. The van der Waals surface area contributed by atoms with Crippen molar-refractivity contribution in [3.8, 4) is 11.5 Å². The first-order valence-electron chi connectivity index (χ1n) is 7.35. The topological polar surface area (TPSA) is 55.8 Å². The lowest BCUT2D eigenvalue weighted by atomic mass is 9.77. The first-order chi connectivity index (χ1) is 9.76. The Labute approximate surface area is 126 Å². The number of ether oxygens (including phenoxy) is 2. The average Bonchev–Trinajstić information content (AvgIpc) is 2.34. The van der Waals surface area contributed by atoms with E-state index in [1.807, 2.05) is 18.2 Å². The van der Waals surface area contributed by atoms with E-state index in [-0.39, 0.29) is 11.8 Å². The summed E-state index contributed by atoms with van der Waals surface area (Å²) in [6, 6.07) is 5.72. The van der Waals surface area contributed by atoms with E-state index in [4.69, 9.17) is 14.6 Å². The van der Waals surface area contributed by atoms with Crippen molar-refractivity contribution in [2.75, 3.05) is 7.11 Å². The summed E-state index contributed by atoms with van der Waals surface area (Å²) in [5.74, 6) is 0.748. The predicted molar refractivity (Wildman–Crippen MR) is 81.2 cm³/mol. The lowest BCUT2D eigenvalue weighted by molar-refractivity contribution is -0.144. The highest BCUT2D eigenvalue weighted by atomic mass is 16.5. The predicted octanol–water partition coefficient (Wildman–Crippen LogP) is 3.77. The Balaban J connectivity index is 2.32. The lowest BCUT2D eigenvalue weighted by Gasteiger charge is -2.42. The second kappa shape index (κ2) is 5.58. The van der Waals surface area contributed by atoms with Crippen LogP contribution in [0.2, 0.25) is 0 Å². The second-order valence-electron chi connectivity index (χ2n) is 6.82. The molecule has 0 atom stereocenters. The van der Waals surface area contributed by atoms with Gasteiger partial charge < -0.3 is 14.6 Å². The van der Waals surface area contributed by atoms with Gasteiger partial charge in [0.2, 0.25) is 0 Å². The van der Waals surface area contributed by atoms with Gasteiger partial charge >= 0.3 is 5.97 Å². The molecule has 0 saturated heterocycles. The van der Waals surface area contributed by atoms with E-state index in [0.717, 1.165) is 36.3 Å². The van der Waals surface area contributed by atoms with Gasteiger partial charge in [-0.15, -0.1) is 0 Å². The Bertz CT molecular complexity index is 524. The number of hydrogen-bond acceptors (Lipinski definition) is 3. The third kappa shape index (κ3) is 3.49. The maximum atomic E-state index is 11.1. The van der Waals surface area contributed by atoms with E-state index in [1.54, 1.807) is 7.11 Å². The summed E-state index contributed by atoms with van der Waals surface area (Å²) in [6.45, 7) is 6.33. The van der Waals surface area contributed by atoms with Gasteiger partial charge in [-0.2, -0.15) is 0 Å². The number of carbonyl (C=O) groups is 1. The van der Waals surface area contributed by atoms with Gasteiger partial charge in [-0.25, -0.2) is 0 Å². The van der Waals surface area contributed by atoms with Crippen molar-refractivity contribution in [2.24, 2.45) is 0 Å². The van der Waals surface area contributed by atoms with Gasteiger partial charge in [0, 0.05) is 5.56 Å². The Morgan fingerprint density at radius 2 is 2.00 bits per heavy atom. The van der Waals surface area contributed by atoms with Crippen LogP contribution < -0.4 is 9.47 Å². The van der Waals surface area contributed by atoms with Crippen LogP contribution in [0.5, 0.6) is 11.5 Å². The van der Waals surface area contributed by atoms with E-state index in [9.17, 15) is 4.79 Å². The first kappa shape index (κ1) is 15.7. The molecule has 1 saturated carbocycles. The molecule has 2 rings (SSSR count). The molecular weight excluding hydrogens is 268 g/mol. The van der Waals surface area contributed by atoms with Gasteiger partial charge in [-0.05, 0) is 42.9 Å². The molecule has 0 radical (unpaired) electrons. The highest BCUT2D eigenvalue weighted by molar-refractivity contribution is 5.68. The molecule has 1 aliphatic rings. The van der Waals surface area contributed by atoms with E-state index in [1.165, 1.54) is 0 Å². The molecule has 4 nitrogen and oxygen atoms in total. The summed E-state index contributed by atoms with van der Waals surface area (Å²) in [7, 11) is 1.64. The van der Waals surface area contributed by atoms with Crippen molar-refractivity contribution in [2.45, 2.75) is 57.5 Å². The number of carboxylic acid groups (broad SMARTS) is 1. The Morgan fingerprint density at radius 3 is 2.43 bits per heavy atom. The second-order valence-corrected chi connectivity index (χ2v) is 6.82. The van der Waals surface area contributed by atoms with E-state index >= 15 is 0 Å². The molecule has 0 bridgehead atoms. The van der Waals surface area contributed by atoms with E-state index in [0.29, 0.717) is 0 Å². The summed E-state index contributed by atoms with van der Waals surface area (Å²) in [4.78, 5) is 11.1. The fourth-order valence-corrected chi connectivity index (χ4v) is 2.71. The minimum atomic E-state index is -0.805. The molecule has 0 aromatic heterocycles. The third-order valence-corrected chi connectivity index (χ3v) is 4.06. The molecule has 1 fully saturated rings. The smallest absolute Gasteiger partial charge is 0.307 e. The van der Waals surface area contributed by atoms with Crippen LogP contribution in [-0.2, 0) is 10.2 Å². The third-order valence-electron chi connectivity index (χ3n) is 4.06. The standard InChI is InChI=1S/C17H24O4/c1-16(2,3)13-10-12(20-4)6-7-14(13)21-17(8-5-9-17)11-15(18)19/h6-7,10H,5,8-9,11H2,1-4H3,(H,18,19). The van der Waals surface area contributed by atoms with E-state index < -0.39 is 11.6 Å². The number of methoxy groups -OCH3 is 1. The van der Waals surface area contributed by atoms with Gasteiger partial charge in [0.1, 0.15) is 17.1 Å². The largest absolute Gasteiger partial charge is 0.497 e. The monoisotopic (exact) mass is 292 g/mol. The minimum absolute atomic E-state index is 0.0581. The van der Waals surface area contributed by atoms with Crippen molar-refractivity contribution < 1.29 is 19.4 Å². The molecule has 1 aromatic carbocycles. The van der Waals surface area contributed by atoms with Crippen molar-refractivity contribution in [1.82, 2.24) is 0 Å². The van der Waals surface area contributed by atoms with Crippen LogP contribution in [0.4, 0.5) is 0 Å². The summed E-state index contributed by atoms with van der Waals surface area (Å²) in [6.07, 6.45) is 2.68. The number of aliphatic carboxylic acids is 1. The minimum Gasteiger partial charge on any atom is -0.497 e. The molecule has 1 N–H and O–H groups in total. The molecular formula is C17H24O4. The first-order valence-corrected chi connectivity index (χ1v) is 7.35. The molecule has 1 aliphatic carbocycles. The van der Waals surface area contributed by atoms with Gasteiger partial charge in [0.05, 0.1) is 13.5 Å². The Morgan fingerprint density at radius 1 is 1.33 bits per heavy atom. The molecule has 116 valence electrons. The van der Waals surface area contributed by atoms with Gasteiger partial charge in [0.25, 0.3) is 0 Å². The zero-order valence-electron chi connectivity index (χ0n) is 13.2. The van der Waals surface area contributed by atoms with Crippen LogP contribution in [0.15, 0.2) is 18.2 Å². The molecule has 0 spiro atoms. The van der Waals surface area contributed by atoms with Crippen LogP contribution in [0.1, 0.15) is 52.0 Å². The molecule has 0 unspecified atom stereocenters. The van der Waals surface area contributed by atoms with Crippen molar-refractivity contribution >= 4 is 5.97 Å². The maximum Gasteiger partial charge on any atom is 0.307 e. The van der Waals surface area contributed by atoms with E-state index in [2.05, 4.69) is 20.8 Å². The Hall–Kier alpha value is -1.71. The number of hydrogen-bond donors (Lipinski definition) is 1. The molecule has 0 aliphatic heterocycles. The fourth-order valence-electron chi connectivity index (χ4n) is 2.71. The summed E-state index contributed by atoms with van der Waals surface area (Å²) in [5, 5.41) is 9.10. The lowest BCUT2D eigenvalue weighted by Crippen LogP contribution is -2.45. The number of benzene rings is 1. The van der Waals surface area contributed by atoms with Gasteiger partial charge in [0.15, 0.2) is 0 Å². The molecule has 4 heteroatoms. The maximum absolute atomic E-state index is 11.1. The normalized spacial score (nSPS) is 17.0. The van der Waals surface area contributed by atoms with Crippen molar-refractivity contribution in [3.63, 3.8) is 0 Å². The average molecular weight is 292 g/mol. The summed E-state index contributed by atoms with van der Waals surface area (Å²) in [5.41, 5.74) is 0.400. The molecule has 0 amide bonds. The summed E-state index contributed by atoms with van der Waals surface area (Å²) >= 11 is 0. The molecule has 1 aromatic rings. The fraction of sp³-hybridized carbons (Fsp3) is 0.588. The van der Waals surface area contributed by atoms with Crippen molar-refractivity contribution in [3.05, 3.63) is 23.8 Å². The van der Waals surface area contributed by atoms with Crippen LogP contribution in [0, 0.1) is 0 Å². The highest BCUT2D eigenvalue weighted by Gasteiger charge is 2.42. The quantitative estimate of drug-likeness (QED) is 0.897. The van der Waals surface area contributed by atoms with Gasteiger partial charge in [-0.1, -0.05) is 20.8 Å². The van der Waals surface area contributed by atoms with Gasteiger partial charge in [-0.3, -0.25) is 4.79 Å². The SMILES string of the molecule is COc1ccc(OC2(CC(=O)O)CCC2)c(C(C)(C)C)c1. The van der Waals surface area contributed by atoms with Crippen LogP contribution in [-0.4, -0.2) is 23.8 Å². The highest BCUT2D eigenvalue weighted by Crippen LogP contribution is 2.43.